The van der Waals surface area contributed by atoms with Crippen LogP contribution in [0.5, 0.6) is 0 Å². The highest BCUT2D eigenvalue weighted by atomic mass is 35.5. The summed E-state index contributed by atoms with van der Waals surface area (Å²) in [6.07, 6.45) is 0. The van der Waals surface area contributed by atoms with Crippen molar-refractivity contribution in [3.8, 4) is 11.4 Å². The number of hydrogen-bond donors (Lipinski definition) is 1. The highest BCUT2D eigenvalue weighted by Crippen LogP contribution is 2.34. The lowest BCUT2D eigenvalue weighted by Gasteiger charge is -2.26. The van der Waals surface area contributed by atoms with Crippen LogP contribution in [-0.4, -0.2) is 15.5 Å². The number of halogens is 3. The first-order valence-corrected chi connectivity index (χ1v) is 12.9. The number of amides is 1. The van der Waals surface area contributed by atoms with E-state index in [0.29, 0.717) is 32.0 Å². The van der Waals surface area contributed by atoms with Crippen LogP contribution in [0.3, 0.4) is 0 Å². The number of imidazole rings is 1. The Morgan fingerprint density at radius 1 is 0.833 bits per heavy atom. The van der Waals surface area contributed by atoms with Crippen molar-refractivity contribution in [2.24, 2.45) is 0 Å². The van der Waals surface area contributed by atoms with E-state index in [2.05, 4.69) is 52.9 Å². The van der Waals surface area contributed by atoms with Crippen LogP contribution < -0.4 is 5.32 Å². The summed E-state index contributed by atoms with van der Waals surface area (Å²) < 4.78 is 1.83. The van der Waals surface area contributed by atoms with Gasteiger partial charge in [-0.05, 0) is 70.5 Å². The molecule has 36 heavy (non-hydrogen) atoms. The number of aromatic nitrogens is 2. The summed E-state index contributed by atoms with van der Waals surface area (Å²) in [6.45, 7) is 13.0. The topological polar surface area (TPSA) is 46.9 Å². The summed E-state index contributed by atoms with van der Waals surface area (Å²) >= 11 is 19.1. The minimum absolute atomic E-state index is 0.0274. The third-order valence-corrected chi connectivity index (χ3v) is 6.93. The lowest BCUT2D eigenvalue weighted by atomic mass is 9.80. The molecule has 0 aliphatic heterocycles. The molecule has 0 spiro atoms. The lowest BCUT2D eigenvalue weighted by Crippen LogP contribution is -2.21. The lowest BCUT2D eigenvalue weighted by molar-refractivity contribution is -0.116. The molecule has 0 bridgehead atoms. The molecule has 1 aromatic heterocycles. The fraction of sp³-hybridized carbons (Fsp3) is 0.310. The van der Waals surface area contributed by atoms with Gasteiger partial charge in [-0.1, -0.05) is 82.4 Å². The van der Waals surface area contributed by atoms with Gasteiger partial charge in [0.2, 0.25) is 5.91 Å². The van der Waals surface area contributed by atoms with Crippen molar-refractivity contribution in [3.05, 3.63) is 80.8 Å². The van der Waals surface area contributed by atoms with Gasteiger partial charge >= 0.3 is 0 Å². The number of carbonyl (C=O) groups excluding carboxylic acids is 1. The van der Waals surface area contributed by atoms with E-state index in [0.717, 1.165) is 22.3 Å². The molecule has 1 amide bonds. The fourth-order valence-corrected chi connectivity index (χ4v) is 4.58. The van der Waals surface area contributed by atoms with Crippen LogP contribution in [0.15, 0.2) is 54.6 Å². The third-order valence-electron chi connectivity index (χ3n) is 6.13. The Balaban J connectivity index is 1.76. The van der Waals surface area contributed by atoms with Crippen molar-refractivity contribution >= 4 is 57.4 Å². The second-order valence-electron chi connectivity index (χ2n) is 11.1. The summed E-state index contributed by atoms with van der Waals surface area (Å²) in [7, 11) is 0. The quantitative estimate of drug-likeness (QED) is 0.280. The van der Waals surface area contributed by atoms with E-state index >= 15 is 0 Å². The highest BCUT2D eigenvalue weighted by molar-refractivity contribution is 6.35. The molecule has 0 aliphatic rings. The van der Waals surface area contributed by atoms with Gasteiger partial charge in [0.15, 0.2) is 0 Å². The largest absolute Gasteiger partial charge is 0.325 e. The molecule has 1 heterocycles. The summed E-state index contributed by atoms with van der Waals surface area (Å²) in [5.41, 5.74) is 5.07. The molecule has 0 unspecified atom stereocenters. The molecular weight excluding hydrogens is 513 g/mol. The maximum Gasteiger partial charge on any atom is 0.244 e. The van der Waals surface area contributed by atoms with Crippen LogP contribution >= 0.6 is 34.8 Å². The second-order valence-corrected chi connectivity index (χ2v) is 12.4. The molecule has 1 N–H and O–H groups in total. The van der Waals surface area contributed by atoms with Crippen LogP contribution in [0, 0.1) is 0 Å². The zero-order valence-corrected chi connectivity index (χ0v) is 23.6. The van der Waals surface area contributed by atoms with E-state index in [1.807, 2.05) is 22.8 Å². The zero-order valence-electron chi connectivity index (χ0n) is 21.3. The number of benzene rings is 3. The van der Waals surface area contributed by atoms with Crippen LogP contribution in [0.25, 0.3) is 22.4 Å². The Hall–Kier alpha value is -2.53. The van der Waals surface area contributed by atoms with Gasteiger partial charge in [-0.3, -0.25) is 4.79 Å². The van der Waals surface area contributed by atoms with E-state index < -0.39 is 0 Å². The Labute approximate surface area is 227 Å². The van der Waals surface area contributed by atoms with Crippen molar-refractivity contribution in [2.45, 2.75) is 58.9 Å². The van der Waals surface area contributed by atoms with Crippen molar-refractivity contribution in [3.63, 3.8) is 0 Å². The molecule has 4 nitrogen and oxygen atoms in total. The van der Waals surface area contributed by atoms with E-state index in [1.165, 1.54) is 0 Å². The molecule has 4 rings (SSSR count). The van der Waals surface area contributed by atoms with Gasteiger partial charge in [-0.25, -0.2) is 4.98 Å². The Morgan fingerprint density at radius 3 is 2.03 bits per heavy atom. The van der Waals surface area contributed by atoms with E-state index in [9.17, 15) is 4.79 Å². The minimum Gasteiger partial charge on any atom is -0.325 e. The summed E-state index contributed by atoms with van der Waals surface area (Å²) in [6, 6.07) is 16.9. The molecule has 0 saturated heterocycles. The van der Waals surface area contributed by atoms with E-state index in [-0.39, 0.29) is 23.3 Å². The smallest absolute Gasteiger partial charge is 0.244 e. The average molecular weight is 543 g/mol. The number of nitrogens with one attached hydrogen (secondary N) is 1. The molecule has 0 fully saturated rings. The number of nitrogens with zero attached hydrogens (tertiary/aromatic N) is 2. The highest BCUT2D eigenvalue weighted by Gasteiger charge is 2.22. The number of anilines is 1. The predicted molar refractivity (Wildman–Crippen MR) is 153 cm³/mol. The number of rotatable bonds is 4. The van der Waals surface area contributed by atoms with E-state index in [1.54, 1.807) is 30.3 Å². The van der Waals surface area contributed by atoms with Gasteiger partial charge in [0.1, 0.15) is 12.4 Å². The average Bonchev–Trinajstić information content (AvgIpc) is 3.11. The van der Waals surface area contributed by atoms with Gasteiger partial charge < -0.3 is 9.88 Å². The molecule has 3 aromatic carbocycles. The van der Waals surface area contributed by atoms with Crippen molar-refractivity contribution in [2.75, 3.05) is 5.32 Å². The molecule has 0 aliphatic carbocycles. The Bertz CT molecular complexity index is 1430. The standard InChI is InChI=1S/C29H30Cl3N3O/c1-28(2,3)17-11-18(29(4,5)6)13-21(12-17)33-26(36)16-35-25-15-20(31)8-10-24(25)34-27(35)22-14-19(30)7-9-23(22)32/h7-15H,16H2,1-6H3,(H,33,36). The van der Waals surface area contributed by atoms with Crippen LogP contribution in [0.4, 0.5) is 5.69 Å². The molecule has 7 heteroatoms. The van der Waals surface area contributed by atoms with E-state index in [4.69, 9.17) is 39.8 Å². The van der Waals surface area contributed by atoms with Gasteiger partial charge in [0, 0.05) is 21.3 Å². The summed E-state index contributed by atoms with van der Waals surface area (Å²) in [5, 5.41) is 4.69. The first kappa shape index (κ1) is 26.5. The van der Waals surface area contributed by atoms with Gasteiger partial charge in [-0.2, -0.15) is 0 Å². The van der Waals surface area contributed by atoms with Gasteiger partial charge in [-0.15, -0.1) is 0 Å². The monoisotopic (exact) mass is 541 g/mol. The molecule has 4 aromatic rings. The third kappa shape index (κ3) is 5.72. The summed E-state index contributed by atoms with van der Waals surface area (Å²) in [4.78, 5) is 18.2. The van der Waals surface area contributed by atoms with Gasteiger partial charge in [0.25, 0.3) is 0 Å². The number of hydrogen-bond acceptors (Lipinski definition) is 2. The fourth-order valence-electron chi connectivity index (χ4n) is 4.04. The van der Waals surface area contributed by atoms with Crippen molar-refractivity contribution in [1.82, 2.24) is 9.55 Å². The molecule has 0 saturated carbocycles. The normalized spacial score (nSPS) is 12.2. The molecule has 0 radical (unpaired) electrons. The maximum absolute atomic E-state index is 13.4. The van der Waals surface area contributed by atoms with Gasteiger partial charge in [0.05, 0.1) is 16.1 Å². The predicted octanol–water partition coefficient (Wildman–Crippen LogP) is 8.90. The van der Waals surface area contributed by atoms with Crippen LogP contribution in [0.2, 0.25) is 15.1 Å². The number of fused-ring (bicyclic) bond motifs is 1. The first-order chi connectivity index (χ1) is 16.7. The van der Waals surface area contributed by atoms with Crippen molar-refractivity contribution < 1.29 is 4.79 Å². The van der Waals surface area contributed by atoms with Crippen molar-refractivity contribution in [1.29, 1.82) is 0 Å². The Kier molecular flexibility index (Phi) is 7.18. The molecule has 188 valence electrons. The first-order valence-electron chi connectivity index (χ1n) is 11.8. The SMILES string of the molecule is CC(C)(C)c1cc(NC(=O)Cn2c(-c3cc(Cl)ccc3Cl)nc3ccc(Cl)cc32)cc(C(C)(C)C)c1. The number of carbonyl (C=O) groups is 1. The zero-order chi connectivity index (χ0) is 26.4. The minimum atomic E-state index is -0.181. The summed E-state index contributed by atoms with van der Waals surface area (Å²) in [5.74, 6) is 0.369. The Morgan fingerprint density at radius 2 is 1.42 bits per heavy atom. The maximum atomic E-state index is 13.4. The molecule has 0 atom stereocenters. The van der Waals surface area contributed by atoms with Crippen LogP contribution in [-0.2, 0) is 22.2 Å². The second kappa shape index (κ2) is 9.74. The van der Waals surface area contributed by atoms with Crippen LogP contribution in [0.1, 0.15) is 52.7 Å². The molecular formula is C29H30Cl3N3O.